The molecule has 1 aromatic carbocycles. The molecule has 21 heavy (non-hydrogen) atoms. The number of benzene rings is 1. The fourth-order valence-electron chi connectivity index (χ4n) is 2.94. The molecule has 2 unspecified atom stereocenters. The van der Waals surface area contributed by atoms with E-state index >= 15 is 0 Å². The number of carbonyl (C=O) groups is 1. The molecular formula is C17H25NO3. The molecule has 2 atom stereocenters. The molecule has 0 saturated heterocycles. The van der Waals surface area contributed by atoms with Crippen molar-refractivity contribution in [2.45, 2.75) is 45.6 Å². The molecule has 0 aliphatic heterocycles. The molecule has 1 fully saturated rings. The van der Waals surface area contributed by atoms with Gasteiger partial charge in [-0.1, -0.05) is 24.1 Å². The van der Waals surface area contributed by atoms with Gasteiger partial charge in [-0.05, 0) is 38.3 Å². The van der Waals surface area contributed by atoms with Crippen molar-refractivity contribution in [3.63, 3.8) is 0 Å². The molecular weight excluding hydrogens is 266 g/mol. The van der Waals surface area contributed by atoms with Crippen LogP contribution in [0.1, 0.15) is 36.8 Å². The Bertz CT molecular complexity index is 487. The zero-order valence-electron chi connectivity index (χ0n) is 12.9. The van der Waals surface area contributed by atoms with Crippen molar-refractivity contribution in [1.82, 2.24) is 5.32 Å². The minimum absolute atomic E-state index is 0.00474. The monoisotopic (exact) mass is 291 g/mol. The van der Waals surface area contributed by atoms with E-state index in [0.717, 1.165) is 30.6 Å². The molecule has 4 heteroatoms. The smallest absolute Gasteiger partial charge is 0.223 e. The Hall–Kier alpha value is -1.55. The van der Waals surface area contributed by atoms with Gasteiger partial charge in [-0.15, -0.1) is 0 Å². The van der Waals surface area contributed by atoms with Gasteiger partial charge in [-0.3, -0.25) is 4.79 Å². The molecule has 2 rings (SSSR count). The van der Waals surface area contributed by atoms with Crippen LogP contribution in [0.4, 0.5) is 0 Å². The first kappa shape index (κ1) is 15.8. The molecule has 1 aliphatic rings. The summed E-state index contributed by atoms with van der Waals surface area (Å²) < 4.78 is 5.67. The highest BCUT2D eigenvalue weighted by Crippen LogP contribution is 2.25. The molecule has 4 nitrogen and oxygen atoms in total. The summed E-state index contributed by atoms with van der Waals surface area (Å²) in [7, 11) is 0. The summed E-state index contributed by atoms with van der Waals surface area (Å²) in [6, 6.07) is 6.15. The molecule has 0 aromatic heterocycles. The maximum atomic E-state index is 11.9. The number of aryl methyl sites for hydroxylation is 2. The number of hydrogen-bond acceptors (Lipinski definition) is 3. The van der Waals surface area contributed by atoms with E-state index < -0.39 is 0 Å². The third kappa shape index (κ3) is 4.46. The molecule has 0 heterocycles. The molecule has 0 radical (unpaired) electrons. The van der Waals surface area contributed by atoms with Crippen molar-refractivity contribution >= 4 is 5.91 Å². The number of aliphatic hydroxyl groups is 1. The van der Waals surface area contributed by atoms with Crippen LogP contribution in [0, 0.1) is 19.8 Å². The van der Waals surface area contributed by atoms with E-state index in [-0.39, 0.29) is 24.5 Å². The summed E-state index contributed by atoms with van der Waals surface area (Å²) in [5.74, 6) is 1.06. The van der Waals surface area contributed by atoms with Crippen LogP contribution in [0.2, 0.25) is 0 Å². The third-order valence-electron chi connectivity index (χ3n) is 4.16. The van der Waals surface area contributed by atoms with Crippen LogP contribution in [0.5, 0.6) is 5.75 Å². The molecule has 1 aromatic rings. The number of aliphatic hydroxyl groups excluding tert-OH is 1. The Morgan fingerprint density at radius 1 is 1.38 bits per heavy atom. The van der Waals surface area contributed by atoms with Crippen molar-refractivity contribution in [2.75, 3.05) is 13.2 Å². The summed E-state index contributed by atoms with van der Waals surface area (Å²) in [6.45, 7) is 4.59. The first-order valence-electron chi connectivity index (χ1n) is 7.70. The highest BCUT2D eigenvalue weighted by atomic mass is 16.5. The lowest BCUT2D eigenvalue weighted by atomic mass is 10.1. The van der Waals surface area contributed by atoms with Crippen LogP contribution in [0.25, 0.3) is 0 Å². The van der Waals surface area contributed by atoms with Crippen LogP contribution in [0.3, 0.4) is 0 Å². The normalized spacial score (nSPS) is 21.3. The van der Waals surface area contributed by atoms with Crippen molar-refractivity contribution in [3.8, 4) is 5.75 Å². The zero-order chi connectivity index (χ0) is 15.2. The van der Waals surface area contributed by atoms with Crippen molar-refractivity contribution in [1.29, 1.82) is 0 Å². The Labute approximate surface area is 126 Å². The van der Waals surface area contributed by atoms with E-state index in [1.54, 1.807) is 0 Å². The average Bonchev–Trinajstić information content (AvgIpc) is 2.88. The number of nitrogens with one attached hydrogen (secondary N) is 1. The van der Waals surface area contributed by atoms with Crippen molar-refractivity contribution in [2.24, 2.45) is 5.92 Å². The second-order valence-electron chi connectivity index (χ2n) is 5.91. The topological polar surface area (TPSA) is 58.6 Å². The van der Waals surface area contributed by atoms with E-state index in [1.165, 1.54) is 5.56 Å². The molecule has 0 bridgehead atoms. The van der Waals surface area contributed by atoms with Crippen molar-refractivity contribution < 1.29 is 14.6 Å². The quantitative estimate of drug-likeness (QED) is 0.846. The number of hydrogen-bond donors (Lipinski definition) is 2. The Balaban J connectivity index is 1.74. The second kappa shape index (κ2) is 7.46. The predicted octanol–water partition coefficient (Wildman–Crippen LogP) is 2.35. The molecule has 2 N–H and O–H groups in total. The van der Waals surface area contributed by atoms with E-state index in [2.05, 4.69) is 11.4 Å². The summed E-state index contributed by atoms with van der Waals surface area (Å²) in [4.78, 5) is 11.9. The van der Waals surface area contributed by atoms with Gasteiger partial charge in [0.25, 0.3) is 0 Å². The molecule has 1 aliphatic carbocycles. The zero-order valence-corrected chi connectivity index (χ0v) is 12.9. The molecule has 1 saturated carbocycles. The Morgan fingerprint density at radius 2 is 2.19 bits per heavy atom. The van der Waals surface area contributed by atoms with E-state index in [0.29, 0.717) is 13.0 Å². The third-order valence-corrected chi connectivity index (χ3v) is 4.16. The summed E-state index contributed by atoms with van der Waals surface area (Å²) in [5.41, 5.74) is 2.29. The van der Waals surface area contributed by atoms with Crippen LogP contribution in [0.15, 0.2) is 18.2 Å². The van der Waals surface area contributed by atoms with Gasteiger partial charge in [0.15, 0.2) is 0 Å². The van der Waals surface area contributed by atoms with Crippen LogP contribution in [-0.4, -0.2) is 30.3 Å². The number of carbonyl (C=O) groups excluding carboxylic acids is 1. The standard InChI is InChI=1S/C17H25NO3/c1-12-6-7-16(13(2)10-12)21-9-8-17(20)18-15-5-3-4-14(15)11-19/h6-7,10,14-15,19H,3-5,8-9,11H2,1-2H3,(H,18,20). The van der Waals surface area contributed by atoms with Gasteiger partial charge >= 0.3 is 0 Å². The van der Waals surface area contributed by atoms with Gasteiger partial charge in [0, 0.05) is 18.6 Å². The SMILES string of the molecule is Cc1ccc(OCCC(=O)NC2CCCC2CO)c(C)c1. The van der Waals surface area contributed by atoms with Gasteiger partial charge in [0.2, 0.25) is 5.91 Å². The van der Waals surface area contributed by atoms with Crippen LogP contribution >= 0.6 is 0 Å². The number of amides is 1. The van der Waals surface area contributed by atoms with Gasteiger partial charge in [-0.25, -0.2) is 0 Å². The first-order valence-corrected chi connectivity index (χ1v) is 7.70. The lowest BCUT2D eigenvalue weighted by molar-refractivity contribution is -0.122. The lowest BCUT2D eigenvalue weighted by Gasteiger charge is -2.19. The van der Waals surface area contributed by atoms with Gasteiger partial charge < -0.3 is 15.2 Å². The summed E-state index contributed by atoms with van der Waals surface area (Å²) in [5, 5.41) is 12.3. The fourth-order valence-corrected chi connectivity index (χ4v) is 2.94. The predicted molar refractivity (Wildman–Crippen MR) is 82.4 cm³/mol. The maximum absolute atomic E-state index is 11.9. The largest absolute Gasteiger partial charge is 0.493 e. The van der Waals surface area contributed by atoms with Gasteiger partial charge in [-0.2, -0.15) is 0 Å². The first-order chi connectivity index (χ1) is 10.1. The van der Waals surface area contributed by atoms with E-state index in [9.17, 15) is 9.90 Å². The molecule has 116 valence electrons. The minimum atomic E-state index is 0.00474. The Morgan fingerprint density at radius 3 is 2.90 bits per heavy atom. The van der Waals surface area contributed by atoms with Gasteiger partial charge in [0.1, 0.15) is 5.75 Å². The molecule has 0 spiro atoms. The maximum Gasteiger partial charge on any atom is 0.223 e. The number of rotatable bonds is 6. The minimum Gasteiger partial charge on any atom is -0.493 e. The van der Waals surface area contributed by atoms with Gasteiger partial charge in [0.05, 0.1) is 13.0 Å². The van der Waals surface area contributed by atoms with Crippen molar-refractivity contribution in [3.05, 3.63) is 29.3 Å². The van der Waals surface area contributed by atoms with E-state index in [4.69, 9.17) is 4.74 Å². The van der Waals surface area contributed by atoms with Crippen LogP contribution in [-0.2, 0) is 4.79 Å². The Kier molecular flexibility index (Phi) is 5.62. The highest BCUT2D eigenvalue weighted by Gasteiger charge is 2.27. The number of ether oxygens (including phenoxy) is 1. The summed E-state index contributed by atoms with van der Waals surface area (Å²) >= 11 is 0. The average molecular weight is 291 g/mol. The highest BCUT2D eigenvalue weighted by molar-refractivity contribution is 5.76. The second-order valence-corrected chi connectivity index (χ2v) is 5.91. The van der Waals surface area contributed by atoms with E-state index in [1.807, 2.05) is 26.0 Å². The summed E-state index contributed by atoms with van der Waals surface area (Å²) in [6.07, 6.45) is 3.40. The molecule has 1 amide bonds. The lowest BCUT2D eigenvalue weighted by Crippen LogP contribution is -2.39. The fraction of sp³-hybridized carbons (Fsp3) is 0.588. The van der Waals surface area contributed by atoms with Crippen LogP contribution < -0.4 is 10.1 Å².